The lowest BCUT2D eigenvalue weighted by Gasteiger charge is -2.15. The third-order valence-corrected chi connectivity index (χ3v) is 4.59. The van der Waals surface area contributed by atoms with E-state index in [9.17, 15) is 4.79 Å². The quantitative estimate of drug-likeness (QED) is 0.584. The van der Waals surface area contributed by atoms with Gasteiger partial charge in [0.25, 0.3) is 5.91 Å². The van der Waals surface area contributed by atoms with E-state index in [0.29, 0.717) is 23.9 Å². The molecule has 4 nitrogen and oxygen atoms in total. The zero-order valence-corrected chi connectivity index (χ0v) is 17.0. The largest absolute Gasteiger partial charge is 0.493 e. The van der Waals surface area contributed by atoms with E-state index in [0.717, 1.165) is 30.6 Å². The number of aryl methyl sites for hydroxylation is 2. The molecule has 1 atom stereocenters. The first-order valence-corrected chi connectivity index (χ1v) is 9.80. The Kier molecular flexibility index (Phi) is 8.46. The molecule has 0 aromatic heterocycles. The maximum absolute atomic E-state index is 12.2. The molecule has 0 bridgehead atoms. The lowest BCUT2D eigenvalue weighted by atomic mass is 10.1. The van der Waals surface area contributed by atoms with Crippen molar-refractivity contribution in [2.75, 3.05) is 13.2 Å². The zero-order valence-electron chi connectivity index (χ0n) is 16.3. The van der Waals surface area contributed by atoms with Crippen LogP contribution in [-0.4, -0.2) is 25.2 Å². The summed E-state index contributed by atoms with van der Waals surface area (Å²) in [5, 5.41) is 3.61. The van der Waals surface area contributed by atoms with Gasteiger partial charge in [-0.25, -0.2) is 0 Å². The zero-order chi connectivity index (χ0) is 19.6. The molecule has 0 saturated heterocycles. The van der Waals surface area contributed by atoms with Gasteiger partial charge < -0.3 is 14.8 Å². The molecule has 1 amide bonds. The second-order valence-corrected chi connectivity index (χ2v) is 6.93. The highest BCUT2D eigenvalue weighted by Crippen LogP contribution is 2.22. The number of hydrogen-bond acceptors (Lipinski definition) is 3. The van der Waals surface area contributed by atoms with Crippen LogP contribution in [0.25, 0.3) is 0 Å². The molecule has 0 aliphatic rings. The number of amides is 1. The first-order valence-electron chi connectivity index (χ1n) is 9.42. The molecule has 1 N–H and O–H groups in total. The molecule has 0 aliphatic carbocycles. The van der Waals surface area contributed by atoms with E-state index >= 15 is 0 Å². The van der Waals surface area contributed by atoms with E-state index in [-0.39, 0.29) is 5.91 Å². The normalized spacial score (nSPS) is 11.7. The van der Waals surface area contributed by atoms with Crippen LogP contribution in [0.4, 0.5) is 0 Å². The summed E-state index contributed by atoms with van der Waals surface area (Å²) >= 11 is 6.01. The average molecular weight is 390 g/mol. The van der Waals surface area contributed by atoms with Gasteiger partial charge in [-0.3, -0.25) is 4.79 Å². The number of hydrogen-bond donors (Lipinski definition) is 1. The van der Waals surface area contributed by atoms with E-state index < -0.39 is 6.10 Å². The highest BCUT2D eigenvalue weighted by atomic mass is 35.5. The fourth-order valence-electron chi connectivity index (χ4n) is 2.65. The van der Waals surface area contributed by atoms with Crippen molar-refractivity contribution >= 4 is 17.5 Å². The minimum Gasteiger partial charge on any atom is -0.493 e. The van der Waals surface area contributed by atoms with E-state index in [2.05, 4.69) is 18.3 Å². The van der Waals surface area contributed by atoms with Crippen molar-refractivity contribution in [1.29, 1.82) is 0 Å². The highest BCUT2D eigenvalue weighted by Gasteiger charge is 2.14. The van der Waals surface area contributed by atoms with Gasteiger partial charge in [-0.2, -0.15) is 0 Å². The van der Waals surface area contributed by atoms with Crippen molar-refractivity contribution in [2.45, 2.75) is 46.1 Å². The van der Waals surface area contributed by atoms with Crippen LogP contribution in [0.3, 0.4) is 0 Å². The number of para-hydroxylation sites is 1. The molecule has 2 aromatic rings. The van der Waals surface area contributed by atoms with Crippen LogP contribution >= 0.6 is 11.6 Å². The van der Waals surface area contributed by atoms with Gasteiger partial charge in [0.05, 0.1) is 6.61 Å². The molecule has 2 aromatic carbocycles. The third-order valence-electron chi connectivity index (χ3n) is 4.17. The van der Waals surface area contributed by atoms with Gasteiger partial charge in [0.1, 0.15) is 11.5 Å². The molecule has 0 saturated carbocycles. The molecule has 27 heavy (non-hydrogen) atoms. The van der Waals surface area contributed by atoms with Crippen molar-refractivity contribution in [2.24, 2.45) is 0 Å². The molecule has 2 rings (SSSR count). The van der Waals surface area contributed by atoms with Gasteiger partial charge in [-0.05, 0) is 68.5 Å². The van der Waals surface area contributed by atoms with Crippen LogP contribution in [0.1, 0.15) is 37.8 Å². The van der Waals surface area contributed by atoms with Crippen molar-refractivity contribution in [3.05, 3.63) is 58.6 Å². The average Bonchev–Trinajstić information content (AvgIpc) is 2.67. The molecule has 0 spiro atoms. The van der Waals surface area contributed by atoms with Gasteiger partial charge in [0.2, 0.25) is 0 Å². The van der Waals surface area contributed by atoms with E-state index in [1.165, 1.54) is 5.56 Å². The van der Waals surface area contributed by atoms with Gasteiger partial charge in [0.15, 0.2) is 6.10 Å². The topological polar surface area (TPSA) is 47.6 Å². The Morgan fingerprint density at radius 3 is 2.74 bits per heavy atom. The van der Waals surface area contributed by atoms with Gasteiger partial charge in [-0.15, -0.1) is 0 Å². The summed E-state index contributed by atoms with van der Waals surface area (Å²) in [7, 11) is 0. The fourth-order valence-corrected chi connectivity index (χ4v) is 2.76. The number of halogens is 1. The fraction of sp³-hybridized carbons (Fsp3) is 0.409. The second-order valence-electron chi connectivity index (χ2n) is 6.52. The minimum atomic E-state index is -0.564. The lowest BCUT2D eigenvalue weighted by molar-refractivity contribution is -0.127. The number of ether oxygens (including phenoxy) is 2. The minimum absolute atomic E-state index is 0.127. The van der Waals surface area contributed by atoms with E-state index in [1.54, 1.807) is 19.1 Å². The van der Waals surface area contributed by atoms with Crippen molar-refractivity contribution < 1.29 is 14.3 Å². The molecular weight excluding hydrogens is 362 g/mol. The standard InChI is InChI=1S/C22H28ClNO3/c1-4-14-26-21-10-6-5-8-18(21)9-7-13-24-22(25)17(3)27-19-11-12-20(23)16(2)15-19/h5-6,8,10-12,15,17H,4,7,9,13-14H2,1-3H3,(H,24,25). The Balaban J connectivity index is 1.76. The third kappa shape index (κ3) is 6.79. The molecule has 0 fully saturated rings. The Morgan fingerprint density at radius 1 is 1.22 bits per heavy atom. The van der Waals surface area contributed by atoms with Gasteiger partial charge in [-0.1, -0.05) is 36.7 Å². The second kappa shape index (κ2) is 10.8. The van der Waals surface area contributed by atoms with E-state index in [4.69, 9.17) is 21.1 Å². The SMILES string of the molecule is CCCOc1ccccc1CCCNC(=O)C(C)Oc1ccc(Cl)c(C)c1. The van der Waals surface area contributed by atoms with Crippen LogP contribution in [0.5, 0.6) is 11.5 Å². The van der Waals surface area contributed by atoms with Gasteiger partial charge >= 0.3 is 0 Å². The number of nitrogens with one attached hydrogen (secondary N) is 1. The lowest BCUT2D eigenvalue weighted by Crippen LogP contribution is -2.36. The smallest absolute Gasteiger partial charge is 0.260 e. The van der Waals surface area contributed by atoms with Gasteiger partial charge in [0, 0.05) is 11.6 Å². The Labute approximate surface area is 166 Å². The van der Waals surface area contributed by atoms with Crippen molar-refractivity contribution in [3.8, 4) is 11.5 Å². The summed E-state index contributed by atoms with van der Waals surface area (Å²) in [5.74, 6) is 1.44. The molecule has 146 valence electrons. The molecule has 0 aliphatic heterocycles. The van der Waals surface area contributed by atoms with Crippen LogP contribution < -0.4 is 14.8 Å². The van der Waals surface area contributed by atoms with Crippen LogP contribution in [0.15, 0.2) is 42.5 Å². The maximum Gasteiger partial charge on any atom is 0.260 e. The van der Waals surface area contributed by atoms with Crippen LogP contribution in [0.2, 0.25) is 5.02 Å². The first kappa shape index (κ1) is 21.1. The van der Waals surface area contributed by atoms with Crippen LogP contribution in [-0.2, 0) is 11.2 Å². The van der Waals surface area contributed by atoms with Crippen molar-refractivity contribution in [1.82, 2.24) is 5.32 Å². The molecular formula is C22H28ClNO3. The summed E-state index contributed by atoms with van der Waals surface area (Å²) in [6, 6.07) is 13.4. The number of carbonyl (C=O) groups is 1. The maximum atomic E-state index is 12.2. The molecule has 1 unspecified atom stereocenters. The monoisotopic (exact) mass is 389 g/mol. The molecule has 0 heterocycles. The predicted molar refractivity (Wildman–Crippen MR) is 110 cm³/mol. The summed E-state index contributed by atoms with van der Waals surface area (Å²) in [6.07, 6.45) is 2.11. The summed E-state index contributed by atoms with van der Waals surface area (Å²) in [5.41, 5.74) is 2.09. The molecule has 0 radical (unpaired) electrons. The Bertz CT molecular complexity index is 748. The van der Waals surface area contributed by atoms with E-state index in [1.807, 2.05) is 31.2 Å². The Hall–Kier alpha value is -2.20. The number of rotatable bonds is 10. The van der Waals surface area contributed by atoms with Crippen molar-refractivity contribution in [3.63, 3.8) is 0 Å². The summed E-state index contributed by atoms with van der Waals surface area (Å²) in [6.45, 7) is 7.04. The number of carbonyl (C=O) groups excluding carboxylic acids is 1. The number of benzene rings is 2. The van der Waals surface area contributed by atoms with Crippen LogP contribution in [0, 0.1) is 6.92 Å². The first-order chi connectivity index (χ1) is 13.0. The summed E-state index contributed by atoms with van der Waals surface area (Å²) in [4.78, 5) is 12.2. The molecule has 5 heteroatoms. The highest BCUT2D eigenvalue weighted by molar-refractivity contribution is 6.31. The Morgan fingerprint density at radius 2 is 2.00 bits per heavy atom. The summed E-state index contributed by atoms with van der Waals surface area (Å²) < 4.78 is 11.5. The predicted octanol–water partition coefficient (Wildman–Crippen LogP) is 4.95.